The molecule has 7 heteroatoms. The summed E-state index contributed by atoms with van der Waals surface area (Å²) in [5.74, 6) is 0.385. The number of aromatic nitrogens is 2. The molecule has 0 fully saturated rings. The molecule has 0 aliphatic rings. The van der Waals surface area contributed by atoms with Crippen molar-refractivity contribution in [3.05, 3.63) is 77.2 Å². The van der Waals surface area contributed by atoms with E-state index >= 15 is 0 Å². The van der Waals surface area contributed by atoms with Gasteiger partial charge in [-0.2, -0.15) is 0 Å². The van der Waals surface area contributed by atoms with E-state index in [9.17, 15) is 4.79 Å². The topological polar surface area (TPSA) is 76.1 Å². The van der Waals surface area contributed by atoms with Crippen LogP contribution in [0.1, 0.15) is 16.1 Å². The first-order valence-corrected chi connectivity index (χ1v) is 8.27. The number of hydrazine groups is 1. The van der Waals surface area contributed by atoms with Gasteiger partial charge in [-0.3, -0.25) is 15.2 Å². The van der Waals surface area contributed by atoms with E-state index in [1.165, 1.54) is 6.20 Å². The van der Waals surface area contributed by atoms with Gasteiger partial charge in [-0.15, -0.1) is 0 Å². The highest BCUT2D eigenvalue weighted by Crippen LogP contribution is 2.20. The molecule has 0 aliphatic carbocycles. The van der Waals surface area contributed by atoms with Crippen LogP contribution in [0, 0.1) is 0 Å². The Kier molecular flexibility index (Phi) is 5.78. The quantitative estimate of drug-likeness (QED) is 0.653. The molecule has 1 amide bonds. The number of nitrogens with zero attached hydrogens (tertiary/aromatic N) is 2. The van der Waals surface area contributed by atoms with Gasteiger partial charge < -0.3 is 4.74 Å². The predicted molar refractivity (Wildman–Crippen MR) is 99.8 cm³/mol. The molecule has 0 saturated heterocycles. The lowest BCUT2D eigenvalue weighted by Gasteiger charge is -2.08. The Labute approximate surface area is 156 Å². The van der Waals surface area contributed by atoms with Gasteiger partial charge in [-0.1, -0.05) is 23.7 Å². The van der Waals surface area contributed by atoms with Crippen molar-refractivity contribution >= 4 is 17.5 Å². The highest BCUT2D eigenvalue weighted by Gasteiger charge is 2.09. The molecule has 0 saturated carbocycles. The average Bonchev–Trinajstić information content (AvgIpc) is 2.68. The first-order valence-electron chi connectivity index (χ1n) is 7.90. The minimum Gasteiger partial charge on any atom is -0.497 e. The maximum atomic E-state index is 12.3. The van der Waals surface area contributed by atoms with E-state index in [1.807, 2.05) is 42.5 Å². The molecule has 3 rings (SSSR count). The predicted octanol–water partition coefficient (Wildman–Crippen LogP) is 3.24. The lowest BCUT2D eigenvalue weighted by atomic mass is 10.1. The molecule has 3 aromatic rings. The molecule has 1 aromatic heterocycles. The minimum atomic E-state index is -0.366. The number of methoxy groups -OCH3 is 1. The lowest BCUT2D eigenvalue weighted by Crippen LogP contribution is -2.37. The van der Waals surface area contributed by atoms with Gasteiger partial charge in [-0.25, -0.2) is 10.4 Å². The van der Waals surface area contributed by atoms with Crippen molar-refractivity contribution in [2.45, 2.75) is 6.54 Å². The molecule has 6 nitrogen and oxygen atoms in total. The minimum absolute atomic E-state index is 0.219. The van der Waals surface area contributed by atoms with Gasteiger partial charge >= 0.3 is 0 Å². The van der Waals surface area contributed by atoms with Crippen LogP contribution in [0.4, 0.5) is 0 Å². The third-order valence-electron chi connectivity index (χ3n) is 3.64. The molecule has 0 atom stereocenters. The molecule has 2 N–H and O–H groups in total. The fourth-order valence-corrected chi connectivity index (χ4v) is 2.53. The maximum Gasteiger partial charge on any atom is 0.285 e. The van der Waals surface area contributed by atoms with Crippen molar-refractivity contribution in [2.75, 3.05) is 7.11 Å². The van der Waals surface area contributed by atoms with Crippen molar-refractivity contribution in [3.8, 4) is 17.0 Å². The molecule has 132 valence electrons. The number of amides is 1. The van der Waals surface area contributed by atoms with Crippen LogP contribution in [0.25, 0.3) is 11.3 Å². The Hall–Kier alpha value is -2.96. The number of halogens is 1. The molecule has 0 aliphatic heterocycles. The van der Waals surface area contributed by atoms with Crippen molar-refractivity contribution < 1.29 is 9.53 Å². The summed E-state index contributed by atoms with van der Waals surface area (Å²) in [5.41, 5.74) is 8.10. The molecular weight excluding hydrogens is 352 g/mol. The Morgan fingerprint density at radius 1 is 1.15 bits per heavy atom. The summed E-state index contributed by atoms with van der Waals surface area (Å²) >= 11 is 5.94. The van der Waals surface area contributed by atoms with Crippen molar-refractivity contribution in [3.63, 3.8) is 0 Å². The zero-order valence-electron chi connectivity index (χ0n) is 14.1. The van der Waals surface area contributed by atoms with Gasteiger partial charge in [0.15, 0.2) is 0 Å². The van der Waals surface area contributed by atoms with E-state index in [0.717, 1.165) is 16.9 Å². The van der Waals surface area contributed by atoms with Gasteiger partial charge in [-0.05, 0) is 42.0 Å². The summed E-state index contributed by atoms with van der Waals surface area (Å²) in [6.45, 7) is 0.442. The van der Waals surface area contributed by atoms with Crippen molar-refractivity contribution in [1.29, 1.82) is 0 Å². The van der Waals surface area contributed by atoms with E-state index in [4.69, 9.17) is 16.3 Å². The van der Waals surface area contributed by atoms with Gasteiger partial charge in [0.2, 0.25) is 0 Å². The number of carbonyl (C=O) groups is 1. The number of rotatable bonds is 6. The zero-order chi connectivity index (χ0) is 18.4. The summed E-state index contributed by atoms with van der Waals surface area (Å²) in [5, 5.41) is 0.647. The Bertz CT molecular complexity index is 900. The monoisotopic (exact) mass is 368 g/mol. The van der Waals surface area contributed by atoms with Gasteiger partial charge in [0.1, 0.15) is 11.4 Å². The second-order valence-corrected chi connectivity index (χ2v) is 5.89. The second-order valence-electron chi connectivity index (χ2n) is 5.46. The number of hydrogen-bond donors (Lipinski definition) is 2. The number of hydrogen-bond acceptors (Lipinski definition) is 5. The SMILES string of the molecule is COc1ccc(-c2cncc(C(=O)NNCc3cccc(Cl)c3)n2)cc1. The molecular formula is C19H17ClN4O2. The van der Waals surface area contributed by atoms with Gasteiger partial charge in [0.25, 0.3) is 5.91 Å². The van der Waals surface area contributed by atoms with Gasteiger partial charge in [0, 0.05) is 17.1 Å². The number of benzene rings is 2. The molecule has 0 bridgehead atoms. The smallest absolute Gasteiger partial charge is 0.285 e. The number of nitrogens with one attached hydrogen (secondary N) is 2. The zero-order valence-corrected chi connectivity index (χ0v) is 14.8. The lowest BCUT2D eigenvalue weighted by molar-refractivity contribution is 0.0927. The molecule has 26 heavy (non-hydrogen) atoms. The highest BCUT2D eigenvalue weighted by atomic mass is 35.5. The first kappa shape index (κ1) is 17.8. The third kappa shape index (κ3) is 4.56. The largest absolute Gasteiger partial charge is 0.497 e. The van der Waals surface area contributed by atoms with Crippen LogP contribution < -0.4 is 15.6 Å². The van der Waals surface area contributed by atoms with E-state index < -0.39 is 0 Å². The van der Waals surface area contributed by atoms with Crippen LogP contribution in [0.3, 0.4) is 0 Å². The fraction of sp³-hybridized carbons (Fsp3) is 0.105. The number of carbonyl (C=O) groups excluding carboxylic acids is 1. The van der Waals surface area contributed by atoms with E-state index in [0.29, 0.717) is 17.3 Å². The van der Waals surface area contributed by atoms with Crippen LogP contribution in [0.15, 0.2) is 60.9 Å². The normalized spacial score (nSPS) is 10.4. The summed E-state index contributed by atoms with van der Waals surface area (Å²) in [6.07, 6.45) is 3.03. The van der Waals surface area contributed by atoms with Crippen LogP contribution in [-0.2, 0) is 6.54 Å². The Balaban J connectivity index is 1.64. The van der Waals surface area contributed by atoms with Crippen molar-refractivity contribution in [1.82, 2.24) is 20.8 Å². The fourth-order valence-electron chi connectivity index (χ4n) is 2.31. The summed E-state index contributed by atoms with van der Waals surface area (Å²) in [6, 6.07) is 14.8. The van der Waals surface area contributed by atoms with Crippen LogP contribution in [0.5, 0.6) is 5.75 Å². The summed E-state index contributed by atoms with van der Waals surface area (Å²) < 4.78 is 5.14. The highest BCUT2D eigenvalue weighted by molar-refractivity contribution is 6.30. The third-order valence-corrected chi connectivity index (χ3v) is 3.87. The van der Waals surface area contributed by atoms with E-state index in [-0.39, 0.29) is 11.6 Å². The van der Waals surface area contributed by atoms with Crippen molar-refractivity contribution in [2.24, 2.45) is 0 Å². The number of ether oxygens (including phenoxy) is 1. The standard InChI is InChI=1S/C19H17ClN4O2/c1-26-16-7-5-14(6-8-16)17-11-21-12-18(23-17)19(25)24-22-10-13-3-2-4-15(20)9-13/h2-9,11-12,22H,10H2,1H3,(H,24,25). The molecule has 0 spiro atoms. The molecule has 0 unspecified atom stereocenters. The first-order chi connectivity index (χ1) is 12.7. The Morgan fingerprint density at radius 2 is 1.96 bits per heavy atom. The van der Waals surface area contributed by atoms with Crippen LogP contribution in [0.2, 0.25) is 5.02 Å². The maximum absolute atomic E-state index is 12.3. The van der Waals surface area contributed by atoms with Crippen LogP contribution in [-0.4, -0.2) is 23.0 Å². The van der Waals surface area contributed by atoms with E-state index in [2.05, 4.69) is 20.8 Å². The molecule has 2 aromatic carbocycles. The Morgan fingerprint density at radius 3 is 2.69 bits per heavy atom. The second kappa shape index (κ2) is 8.42. The summed E-state index contributed by atoms with van der Waals surface area (Å²) in [4.78, 5) is 20.7. The van der Waals surface area contributed by atoms with Gasteiger partial charge in [0.05, 0.1) is 25.2 Å². The van der Waals surface area contributed by atoms with Crippen LogP contribution >= 0.6 is 11.6 Å². The van der Waals surface area contributed by atoms with E-state index in [1.54, 1.807) is 19.4 Å². The summed E-state index contributed by atoms with van der Waals surface area (Å²) in [7, 11) is 1.61. The molecule has 1 heterocycles. The molecule has 0 radical (unpaired) electrons. The average molecular weight is 369 g/mol.